The first-order valence-electron chi connectivity index (χ1n) is 4.39. The molecule has 0 rings (SSSR count). The molecule has 0 N–H and O–H groups in total. The Hall–Kier alpha value is -0.800. The summed E-state index contributed by atoms with van der Waals surface area (Å²) in [6.45, 7) is 10.5. The second kappa shape index (κ2) is 7.83. The lowest BCUT2D eigenvalue weighted by Crippen LogP contribution is -2.33. The maximum atomic E-state index is 5.26. The van der Waals surface area contributed by atoms with Crippen LogP contribution in [0.3, 0.4) is 0 Å². The summed E-state index contributed by atoms with van der Waals surface area (Å²) >= 11 is 0. The summed E-state index contributed by atoms with van der Waals surface area (Å²) in [4.78, 5) is 1.89. The van der Waals surface area contributed by atoms with Crippen molar-refractivity contribution in [1.29, 1.82) is 0 Å². The monoisotopic (exact) mass is 185 g/mol. The molecule has 3 nitrogen and oxygen atoms in total. The van der Waals surface area contributed by atoms with E-state index in [1.54, 1.807) is 13.3 Å². The Morgan fingerprint density at radius 3 is 2.54 bits per heavy atom. The minimum atomic E-state index is -0.0263. The van der Waals surface area contributed by atoms with Gasteiger partial charge >= 0.3 is 0 Å². The summed E-state index contributed by atoms with van der Waals surface area (Å²) in [5.41, 5.74) is 0. The van der Waals surface area contributed by atoms with Crippen molar-refractivity contribution >= 4 is 0 Å². The standard InChI is InChI=1S/C10H19NO2/c1-5-8-10(12-4)11(6-2)9-13-7-3/h5-6,10H,1-2,7-9H2,3-4H3. The molecule has 0 aromatic rings. The van der Waals surface area contributed by atoms with Crippen molar-refractivity contribution in [2.45, 2.75) is 19.6 Å². The van der Waals surface area contributed by atoms with Crippen LogP contribution in [0.4, 0.5) is 0 Å². The molecule has 0 aliphatic heterocycles. The molecular formula is C10H19NO2. The topological polar surface area (TPSA) is 21.7 Å². The summed E-state index contributed by atoms with van der Waals surface area (Å²) in [7, 11) is 1.66. The van der Waals surface area contributed by atoms with Crippen molar-refractivity contribution in [1.82, 2.24) is 4.90 Å². The number of methoxy groups -OCH3 is 1. The minimum absolute atomic E-state index is 0.0263. The van der Waals surface area contributed by atoms with Crippen LogP contribution in [0.5, 0.6) is 0 Å². The van der Waals surface area contributed by atoms with Crippen LogP contribution in [0.1, 0.15) is 13.3 Å². The fourth-order valence-corrected chi connectivity index (χ4v) is 0.960. The molecule has 0 aliphatic carbocycles. The van der Waals surface area contributed by atoms with Crippen LogP contribution >= 0.6 is 0 Å². The van der Waals surface area contributed by atoms with E-state index in [0.29, 0.717) is 13.3 Å². The molecule has 0 bridgehead atoms. The third-order valence-corrected chi connectivity index (χ3v) is 1.69. The molecule has 13 heavy (non-hydrogen) atoms. The van der Waals surface area contributed by atoms with E-state index in [1.807, 2.05) is 17.9 Å². The Balaban J connectivity index is 3.99. The van der Waals surface area contributed by atoms with Gasteiger partial charge in [-0.05, 0) is 13.1 Å². The van der Waals surface area contributed by atoms with Crippen LogP contribution in [0.15, 0.2) is 25.4 Å². The molecule has 0 radical (unpaired) electrons. The molecule has 0 spiro atoms. The Morgan fingerprint density at radius 2 is 2.15 bits per heavy atom. The van der Waals surface area contributed by atoms with E-state index in [-0.39, 0.29) is 6.23 Å². The van der Waals surface area contributed by atoms with Gasteiger partial charge in [-0.25, -0.2) is 0 Å². The smallest absolute Gasteiger partial charge is 0.134 e. The first kappa shape index (κ1) is 12.2. The lowest BCUT2D eigenvalue weighted by Gasteiger charge is -2.27. The van der Waals surface area contributed by atoms with E-state index in [4.69, 9.17) is 9.47 Å². The third-order valence-electron chi connectivity index (χ3n) is 1.69. The van der Waals surface area contributed by atoms with Gasteiger partial charge in [0.2, 0.25) is 0 Å². The van der Waals surface area contributed by atoms with Crippen molar-refractivity contribution in [3.05, 3.63) is 25.4 Å². The van der Waals surface area contributed by atoms with E-state index < -0.39 is 0 Å². The molecular weight excluding hydrogens is 166 g/mol. The molecule has 0 aromatic heterocycles. The van der Waals surface area contributed by atoms with Gasteiger partial charge in [0.15, 0.2) is 0 Å². The van der Waals surface area contributed by atoms with Crippen molar-refractivity contribution in [3.8, 4) is 0 Å². The SMILES string of the molecule is C=CCC(OC)N(C=C)COCC. The number of rotatable bonds is 8. The van der Waals surface area contributed by atoms with Gasteiger partial charge in [0, 0.05) is 20.1 Å². The summed E-state index contributed by atoms with van der Waals surface area (Å²) in [6, 6.07) is 0. The van der Waals surface area contributed by atoms with Gasteiger partial charge in [-0.2, -0.15) is 0 Å². The minimum Gasteiger partial charge on any atom is -0.361 e. The number of ether oxygens (including phenoxy) is 2. The van der Waals surface area contributed by atoms with Gasteiger partial charge in [-0.3, -0.25) is 0 Å². The summed E-state index contributed by atoms with van der Waals surface area (Å²) in [6.07, 6.45) is 4.26. The number of nitrogens with zero attached hydrogens (tertiary/aromatic N) is 1. The molecule has 0 aliphatic rings. The Kier molecular flexibility index (Phi) is 7.35. The lowest BCUT2D eigenvalue weighted by atomic mass is 10.3. The average Bonchev–Trinajstić information content (AvgIpc) is 2.17. The molecule has 0 saturated carbocycles. The van der Waals surface area contributed by atoms with Gasteiger partial charge < -0.3 is 14.4 Å². The second-order valence-electron chi connectivity index (χ2n) is 2.53. The molecule has 0 saturated heterocycles. The number of hydrogen-bond acceptors (Lipinski definition) is 3. The van der Waals surface area contributed by atoms with E-state index in [2.05, 4.69) is 13.2 Å². The van der Waals surface area contributed by atoms with Gasteiger partial charge in [-0.15, -0.1) is 6.58 Å². The largest absolute Gasteiger partial charge is 0.361 e. The van der Waals surface area contributed by atoms with Crippen molar-refractivity contribution < 1.29 is 9.47 Å². The zero-order valence-corrected chi connectivity index (χ0v) is 8.53. The Labute approximate surface area is 80.6 Å². The first-order chi connectivity index (χ1) is 6.29. The van der Waals surface area contributed by atoms with Gasteiger partial charge in [-0.1, -0.05) is 12.7 Å². The van der Waals surface area contributed by atoms with E-state index in [9.17, 15) is 0 Å². The first-order valence-corrected chi connectivity index (χ1v) is 4.39. The summed E-state index contributed by atoms with van der Waals surface area (Å²) < 4.78 is 10.5. The molecule has 1 unspecified atom stereocenters. The van der Waals surface area contributed by atoms with E-state index in [1.165, 1.54) is 0 Å². The lowest BCUT2D eigenvalue weighted by molar-refractivity contribution is -0.0600. The van der Waals surface area contributed by atoms with E-state index >= 15 is 0 Å². The zero-order chi connectivity index (χ0) is 10.1. The molecule has 76 valence electrons. The number of hydrogen-bond donors (Lipinski definition) is 0. The fourth-order valence-electron chi connectivity index (χ4n) is 0.960. The maximum Gasteiger partial charge on any atom is 0.134 e. The third kappa shape index (κ3) is 4.70. The van der Waals surface area contributed by atoms with Crippen LogP contribution in [-0.4, -0.2) is 31.6 Å². The average molecular weight is 185 g/mol. The highest BCUT2D eigenvalue weighted by Crippen LogP contribution is 2.06. The van der Waals surface area contributed by atoms with Crippen LogP contribution < -0.4 is 0 Å². The zero-order valence-electron chi connectivity index (χ0n) is 8.53. The predicted octanol–water partition coefficient (Wildman–Crippen LogP) is 1.97. The van der Waals surface area contributed by atoms with Crippen LogP contribution in [0.2, 0.25) is 0 Å². The molecule has 0 aromatic carbocycles. The molecule has 0 fully saturated rings. The fraction of sp³-hybridized carbons (Fsp3) is 0.600. The van der Waals surface area contributed by atoms with Crippen LogP contribution in [0.25, 0.3) is 0 Å². The molecule has 0 heterocycles. The van der Waals surface area contributed by atoms with Crippen molar-refractivity contribution in [2.75, 3.05) is 20.4 Å². The molecule has 0 amide bonds. The highest BCUT2D eigenvalue weighted by molar-refractivity contribution is 4.78. The Bertz CT molecular complexity index is 148. The molecule has 1 atom stereocenters. The highest BCUT2D eigenvalue weighted by atomic mass is 16.5. The van der Waals surface area contributed by atoms with Crippen LogP contribution in [0, 0.1) is 0 Å². The highest BCUT2D eigenvalue weighted by Gasteiger charge is 2.11. The van der Waals surface area contributed by atoms with Crippen LogP contribution in [-0.2, 0) is 9.47 Å². The van der Waals surface area contributed by atoms with Crippen molar-refractivity contribution in [3.63, 3.8) is 0 Å². The normalized spacial score (nSPS) is 12.2. The summed E-state index contributed by atoms with van der Waals surface area (Å²) in [5, 5.41) is 0. The molecule has 3 heteroatoms. The summed E-state index contributed by atoms with van der Waals surface area (Å²) in [5.74, 6) is 0. The maximum absolute atomic E-state index is 5.26. The Morgan fingerprint density at radius 1 is 1.46 bits per heavy atom. The van der Waals surface area contributed by atoms with Gasteiger partial charge in [0.1, 0.15) is 13.0 Å². The predicted molar refractivity (Wildman–Crippen MR) is 54.1 cm³/mol. The van der Waals surface area contributed by atoms with Crippen molar-refractivity contribution in [2.24, 2.45) is 0 Å². The quantitative estimate of drug-likeness (QED) is 0.426. The van der Waals surface area contributed by atoms with Gasteiger partial charge in [0.25, 0.3) is 0 Å². The second-order valence-corrected chi connectivity index (χ2v) is 2.53. The van der Waals surface area contributed by atoms with E-state index in [0.717, 1.165) is 6.42 Å². The van der Waals surface area contributed by atoms with Gasteiger partial charge in [0.05, 0.1) is 0 Å².